The third-order valence-electron chi connectivity index (χ3n) is 3.29. The van der Waals surface area contributed by atoms with Gasteiger partial charge in [0.1, 0.15) is 11.6 Å². The van der Waals surface area contributed by atoms with E-state index < -0.39 is 0 Å². The molecule has 0 aliphatic heterocycles. The van der Waals surface area contributed by atoms with Crippen molar-refractivity contribution in [2.45, 2.75) is 19.4 Å². The minimum Gasteiger partial charge on any atom is -0.271 e. The van der Waals surface area contributed by atoms with Gasteiger partial charge in [0, 0.05) is 0 Å². The Labute approximate surface area is 125 Å². The Bertz CT molecular complexity index is 617. The van der Waals surface area contributed by atoms with E-state index >= 15 is 0 Å². The van der Waals surface area contributed by atoms with Crippen LogP contribution in [-0.2, 0) is 6.42 Å². The van der Waals surface area contributed by atoms with E-state index in [0.29, 0.717) is 16.5 Å². The molecule has 0 aliphatic rings. The Morgan fingerprint density at radius 1 is 1.25 bits per heavy atom. The van der Waals surface area contributed by atoms with E-state index in [0.717, 1.165) is 11.1 Å². The second-order valence-electron chi connectivity index (χ2n) is 4.64. The lowest BCUT2D eigenvalue weighted by Crippen LogP contribution is -2.30. The predicted molar refractivity (Wildman–Crippen MR) is 79.0 cm³/mol. The molecule has 2 rings (SSSR count). The zero-order chi connectivity index (χ0) is 14.7. The molecule has 0 heterocycles. The van der Waals surface area contributed by atoms with Crippen molar-refractivity contribution in [3.8, 4) is 0 Å². The summed E-state index contributed by atoms with van der Waals surface area (Å²) in [4.78, 5) is 0. The van der Waals surface area contributed by atoms with Gasteiger partial charge in [0.25, 0.3) is 0 Å². The third kappa shape index (κ3) is 3.23. The van der Waals surface area contributed by atoms with Gasteiger partial charge in [0.05, 0.1) is 10.5 Å². The fourth-order valence-corrected chi connectivity index (χ4v) is 2.67. The van der Waals surface area contributed by atoms with Crippen LogP contribution in [0.15, 0.2) is 40.9 Å². The molecule has 0 aromatic heterocycles. The first kappa shape index (κ1) is 15.1. The van der Waals surface area contributed by atoms with Crippen LogP contribution < -0.4 is 11.3 Å². The average molecular weight is 341 g/mol. The number of rotatable bonds is 4. The highest BCUT2D eigenvalue weighted by atomic mass is 79.9. The molecular weight excluding hydrogens is 326 g/mol. The number of halogens is 3. The summed E-state index contributed by atoms with van der Waals surface area (Å²) in [6.07, 6.45) is 0.474. The Morgan fingerprint density at radius 2 is 2.00 bits per heavy atom. The van der Waals surface area contributed by atoms with Crippen molar-refractivity contribution >= 4 is 15.9 Å². The van der Waals surface area contributed by atoms with E-state index in [1.807, 2.05) is 6.92 Å². The van der Waals surface area contributed by atoms with E-state index in [4.69, 9.17) is 5.84 Å². The number of hydrogen-bond donors (Lipinski definition) is 2. The average Bonchev–Trinajstić information content (AvgIpc) is 2.43. The van der Waals surface area contributed by atoms with Crippen LogP contribution in [0.5, 0.6) is 0 Å². The third-order valence-corrected chi connectivity index (χ3v) is 4.13. The molecule has 0 saturated carbocycles. The molecular formula is C15H15BrF2N2. The molecule has 0 bridgehead atoms. The zero-order valence-corrected chi connectivity index (χ0v) is 12.5. The van der Waals surface area contributed by atoms with Crippen LogP contribution in [0.2, 0.25) is 0 Å². The van der Waals surface area contributed by atoms with Gasteiger partial charge in [-0.1, -0.05) is 18.2 Å². The number of aryl methyl sites for hydroxylation is 1. The van der Waals surface area contributed by atoms with Crippen LogP contribution in [0, 0.1) is 18.6 Å². The molecule has 0 fully saturated rings. The van der Waals surface area contributed by atoms with Crippen LogP contribution in [0.4, 0.5) is 8.78 Å². The summed E-state index contributed by atoms with van der Waals surface area (Å²) in [7, 11) is 0. The van der Waals surface area contributed by atoms with Crippen LogP contribution in [-0.4, -0.2) is 0 Å². The normalized spacial score (nSPS) is 12.4. The van der Waals surface area contributed by atoms with Gasteiger partial charge in [-0.05, 0) is 64.2 Å². The quantitative estimate of drug-likeness (QED) is 0.656. The van der Waals surface area contributed by atoms with Gasteiger partial charge in [-0.15, -0.1) is 0 Å². The first-order valence-corrected chi connectivity index (χ1v) is 6.97. The molecule has 0 aliphatic carbocycles. The molecule has 0 saturated heterocycles. The van der Waals surface area contributed by atoms with Crippen molar-refractivity contribution in [2.75, 3.05) is 0 Å². The molecule has 0 radical (unpaired) electrons. The molecule has 20 heavy (non-hydrogen) atoms. The molecule has 5 heteroatoms. The van der Waals surface area contributed by atoms with Crippen molar-refractivity contribution in [2.24, 2.45) is 5.84 Å². The molecule has 2 aromatic rings. The van der Waals surface area contributed by atoms with Gasteiger partial charge < -0.3 is 0 Å². The minimum absolute atomic E-state index is 0.292. The topological polar surface area (TPSA) is 38.0 Å². The van der Waals surface area contributed by atoms with E-state index in [1.54, 1.807) is 18.2 Å². The minimum atomic E-state index is -0.348. The Kier molecular flexibility index (Phi) is 4.86. The molecule has 2 nitrogen and oxygen atoms in total. The summed E-state index contributed by atoms with van der Waals surface area (Å²) >= 11 is 3.22. The van der Waals surface area contributed by atoms with Crippen LogP contribution in [0.1, 0.15) is 22.7 Å². The van der Waals surface area contributed by atoms with Gasteiger partial charge in [-0.25, -0.2) is 8.78 Å². The second-order valence-corrected chi connectivity index (χ2v) is 5.43. The molecule has 1 atom stereocenters. The Morgan fingerprint density at radius 3 is 2.70 bits per heavy atom. The molecule has 0 spiro atoms. The lowest BCUT2D eigenvalue weighted by atomic mass is 9.96. The predicted octanol–water partition coefficient (Wildman–Crippen LogP) is 3.78. The maximum atomic E-state index is 13.6. The summed E-state index contributed by atoms with van der Waals surface area (Å²) in [6, 6.07) is 9.09. The van der Waals surface area contributed by atoms with Gasteiger partial charge in [0.2, 0.25) is 0 Å². The van der Waals surface area contributed by atoms with Crippen LogP contribution in [0.3, 0.4) is 0 Å². The highest BCUT2D eigenvalue weighted by Gasteiger charge is 2.17. The number of hydrazine groups is 1. The summed E-state index contributed by atoms with van der Waals surface area (Å²) in [6.45, 7) is 1.91. The first-order valence-electron chi connectivity index (χ1n) is 6.18. The van der Waals surface area contributed by atoms with Gasteiger partial charge in [0.15, 0.2) is 0 Å². The largest absolute Gasteiger partial charge is 0.271 e. The van der Waals surface area contributed by atoms with Crippen molar-refractivity contribution in [3.05, 3.63) is 69.2 Å². The van der Waals surface area contributed by atoms with Crippen molar-refractivity contribution in [1.29, 1.82) is 0 Å². The Balaban J connectivity index is 2.34. The van der Waals surface area contributed by atoms with Crippen molar-refractivity contribution in [1.82, 2.24) is 5.43 Å². The molecule has 2 aromatic carbocycles. The monoisotopic (exact) mass is 340 g/mol. The van der Waals surface area contributed by atoms with Crippen molar-refractivity contribution in [3.63, 3.8) is 0 Å². The highest BCUT2D eigenvalue weighted by Crippen LogP contribution is 2.28. The zero-order valence-electron chi connectivity index (χ0n) is 11.0. The molecule has 3 N–H and O–H groups in total. The standard InChI is InChI=1S/C15H15BrF2N2/c1-9-5-6-11(17)7-10(9)8-14(20-19)12-3-2-4-13(18)15(12)16/h2-7,14,20H,8,19H2,1H3. The molecule has 106 valence electrons. The van der Waals surface area contributed by atoms with Gasteiger partial charge in [-0.2, -0.15) is 0 Å². The fourth-order valence-electron chi connectivity index (χ4n) is 2.13. The first-order chi connectivity index (χ1) is 9.52. The maximum absolute atomic E-state index is 13.6. The Hall–Kier alpha value is -1.30. The van der Waals surface area contributed by atoms with Crippen LogP contribution in [0.25, 0.3) is 0 Å². The summed E-state index contributed by atoms with van der Waals surface area (Å²) in [5.74, 6) is 4.93. The van der Waals surface area contributed by atoms with Gasteiger partial charge in [-0.3, -0.25) is 11.3 Å². The number of nitrogens with two attached hydrogens (primary N) is 1. The fraction of sp³-hybridized carbons (Fsp3) is 0.200. The van der Waals surface area contributed by atoms with E-state index in [9.17, 15) is 8.78 Å². The molecule has 0 amide bonds. The van der Waals surface area contributed by atoms with E-state index in [-0.39, 0.29) is 17.7 Å². The second kappa shape index (κ2) is 6.43. The van der Waals surface area contributed by atoms with Crippen molar-refractivity contribution < 1.29 is 8.78 Å². The number of nitrogens with one attached hydrogen (secondary N) is 1. The highest BCUT2D eigenvalue weighted by molar-refractivity contribution is 9.10. The number of hydrogen-bond acceptors (Lipinski definition) is 2. The number of benzene rings is 2. The molecule has 1 unspecified atom stereocenters. The summed E-state index contributed by atoms with van der Waals surface area (Å²) in [5, 5.41) is 0. The van der Waals surface area contributed by atoms with Crippen LogP contribution >= 0.6 is 15.9 Å². The lowest BCUT2D eigenvalue weighted by molar-refractivity contribution is 0.536. The van der Waals surface area contributed by atoms with E-state index in [2.05, 4.69) is 21.4 Å². The maximum Gasteiger partial charge on any atom is 0.137 e. The smallest absolute Gasteiger partial charge is 0.137 e. The van der Waals surface area contributed by atoms with E-state index in [1.165, 1.54) is 18.2 Å². The van der Waals surface area contributed by atoms with Gasteiger partial charge >= 0.3 is 0 Å². The summed E-state index contributed by atoms with van der Waals surface area (Å²) in [5.41, 5.74) is 5.18. The summed E-state index contributed by atoms with van der Waals surface area (Å²) < 4.78 is 27.3. The SMILES string of the molecule is Cc1ccc(F)cc1CC(NN)c1cccc(F)c1Br. The lowest BCUT2D eigenvalue weighted by Gasteiger charge is -2.19.